The summed E-state index contributed by atoms with van der Waals surface area (Å²) in [5, 5.41) is 10.8. The molecule has 6 heteroatoms. The van der Waals surface area contributed by atoms with E-state index in [4.69, 9.17) is 4.42 Å². The Labute approximate surface area is 127 Å². The molecule has 0 unspecified atom stereocenters. The Balaban J connectivity index is 2.25. The molecular formula is C14H7BrN2O2S. The molecule has 0 aliphatic heterocycles. The van der Waals surface area contributed by atoms with Gasteiger partial charge in [0.05, 0.1) is 11.8 Å². The zero-order valence-electron chi connectivity index (χ0n) is 10.0. The predicted molar refractivity (Wildman–Crippen MR) is 81.2 cm³/mol. The number of hydrogen-bond acceptors (Lipinski definition) is 4. The lowest BCUT2D eigenvalue weighted by Gasteiger charge is -2.11. The number of hydrogen-bond donors (Lipinski definition) is 0. The number of anilines is 2. The Kier molecular flexibility index (Phi) is 3.30. The zero-order valence-corrected chi connectivity index (χ0v) is 12.4. The number of nitrogens with zero attached hydrogens (tertiary/aromatic N) is 2. The predicted octanol–water partition coefficient (Wildman–Crippen LogP) is 4.42. The summed E-state index contributed by atoms with van der Waals surface area (Å²) in [6.45, 7) is 0. The van der Waals surface area contributed by atoms with E-state index < -0.39 is 0 Å². The van der Waals surface area contributed by atoms with Crippen LogP contribution in [0.1, 0.15) is 5.56 Å². The maximum Gasteiger partial charge on any atom is 0.221 e. The van der Waals surface area contributed by atoms with Gasteiger partial charge in [0.1, 0.15) is 11.1 Å². The second-order valence-corrected chi connectivity index (χ2v) is 5.91. The summed E-state index contributed by atoms with van der Waals surface area (Å²) in [6, 6.07) is 11.2. The summed E-state index contributed by atoms with van der Waals surface area (Å²) in [5.74, 6) is 0.391. The summed E-state index contributed by atoms with van der Waals surface area (Å²) in [7, 11) is 0. The first-order chi connectivity index (χ1) is 9.74. The third-order valence-corrected chi connectivity index (χ3v) is 4.47. The van der Waals surface area contributed by atoms with Crippen LogP contribution in [0, 0.1) is 11.3 Å². The summed E-state index contributed by atoms with van der Waals surface area (Å²) in [4.78, 5) is 12.7. The molecule has 0 saturated heterocycles. The van der Waals surface area contributed by atoms with Gasteiger partial charge in [0.15, 0.2) is 0 Å². The van der Waals surface area contributed by atoms with Gasteiger partial charge in [0.2, 0.25) is 12.3 Å². The normalized spacial score (nSPS) is 10.4. The van der Waals surface area contributed by atoms with Crippen molar-refractivity contribution in [2.45, 2.75) is 0 Å². The standard InChI is InChI=1S/C14H7BrN2O2S/c15-9-3-4-12-10(6-9)11(7-16)14(20-12)17(8-18)13-2-1-5-19-13/h1-6,8H. The van der Waals surface area contributed by atoms with E-state index in [0.29, 0.717) is 22.9 Å². The fourth-order valence-corrected chi connectivity index (χ4v) is 3.41. The van der Waals surface area contributed by atoms with Crippen molar-refractivity contribution < 1.29 is 9.21 Å². The number of carbonyl (C=O) groups is 1. The maximum absolute atomic E-state index is 11.4. The van der Waals surface area contributed by atoms with Crippen molar-refractivity contribution in [1.29, 1.82) is 5.26 Å². The molecule has 0 aliphatic rings. The molecule has 3 rings (SSSR count). The van der Waals surface area contributed by atoms with Crippen molar-refractivity contribution in [3.05, 3.63) is 46.6 Å². The summed E-state index contributed by atoms with van der Waals surface area (Å²) >= 11 is 4.77. The van der Waals surface area contributed by atoms with Crippen LogP contribution in [-0.4, -0.2) is 6.41 Å². The molecule has 0 fully saturated rings. The van der Waals surface area contributed by atoms with Gasteiger partial charge in [-0.3, -0.25) is 4.79 Å². The third-order valence-electron chi connectivity index (χ3n) is 2.81. The van der Waals surface area contributed by atoms with Crippen LogP contribution in [0.3, 0.4) is 0 Å². The quantitative estimate of drug-likeness (QED) is 0.659. The molecule has 0 radical (unpaired) electrons. The summed E-state index contributed by atoms with van der Waals surface area (Å²) in [5.41, 5.74) is 0.467. The number of benzene rings is 1. The number of amides is 1. The van der Waals surface area contributed by atoms with Crippen LogP contribution >= 0.6 is 27.3 Å². The van der Waals surface area contributed by atoms with E-state index in [0.717, 1.165) is 14.6 Å². The number of nitriles is 1. The number of furan rings is 1. The van der Waals surface area contributed by atoms with Crippen molar-refractivity contribution in [3.63, 3.8) is 0 Å². The molecule has 0 N–H and O–H groups in total. The zero-order chi connectivity index (χ0) is 14.1. The molecule has 0 bridgehead atoms. The SMILES string of the molecule is N#Cc1c(N(C=O)c2ccco2)sc2ccc(Br)cc12. The minimum absolute atomic E-state index is 0.391. The molecule has 2 aromatic heterocycles. The first-order valence-corrected chi connectivity index (χ1v) is 7.25. The van der Waals surface area contributed by atoms with Gasteiger partial charge < -0.3 is 4.42 Å². The highest BCUT2D eigenvalue weighted by molar-refractivity contribution is 9.10. The van der Waals surface area contributed by atoms with Crippen molar-refractivity contribution in [1.82, 2.24) is 0 Å². The van der Waals surface area contributed by atoms with Crippen molar-refractivity contribution >= 4 is 54.6 Å². The van der Waals surface area contributed by atoms with E-state index in [1.54, 1.807) is 12.1 Å². The van der Waals surface area contributed by atoms with Gasteiger partial charge in [-0.25, -0.2) is 4.90 Å². The highest BCUT2D eigenvalue weighted by atomic mass is 79.9. The lowest BCUT2D eigenvalue weighted by atomic mass is 10.2. The van der Waals surface area contributed by atoms with Crippen LogP contribution in [0.2, 0.25) is 0 Å². The molecule has 4 nitrogen and oxygen atoms in total. The smallest absolute Gasteiger partial charge is 0.221 e. The number of rotatable bonds is 3. The molecule has 1 aromatic carbocycles. The van der Waals surface area contributed by atoms with E-state index >= 15 is 0 Å². The van der Waals surface area contributed by atoms with E-state index in [2.05, 4.69) is 22.0 Å². The van der Waals surface area contributed by atoms with E-state index in [1.165, 1.54) is 22.5 Å². The maximum atomic E-state index is 11.4. The number of halogens is 1. The van der Waals surface area contributed by atoms with Gasteiger partial charge in [0, 0.05) is 20.6 Å². The molecule has 2 heterocycles. The summed E-state index contributed by atoms with van der Waals surface area (Å²) < 4.78 is 7.08. The Morgan fingerprint density at radius 1 is 1.40 bits per heavy atom. The number of fused-ring (bicyclic) bond motifs is 1. The van der Waals surface area contributed by atoms with Crippen LogP contribution in [0.15, 0.2) is 45.5 Å². The first kappa shape index (κ1) is 12.9. The van der Waals surface area contributed by atoms with Crippen molar-refractivity contribution in [3.8, 4) is 6.07 Å². The summed E-state index contributed by atoms with van der Waals surface area (Å²) in [6.07, 6.45) is 2.14. The Hall–Kier alpha value is -2.10. The molecule has 0 aliphatic carbocycles. The molecule has 20 heavy (non-hydrogen) atoms. The van der Waals surface area contributed by atoms with Gasteiger partial charge in [-0.05, 0) is 24.3 Å². The highest BCUT2D eigenvalue weighted by Gasteiger charge is 2.20. The van der Waals surface area contributed by atoms with E-state index in [-0.39, 0.29) is 0 Å². The molecule has 3 aromatic rings. The van der Waals surface area contributed by atoms with Gasteiger partial charge in [-0.2, -0.15) is 5.26 Å². The average molecular weight is 347 g/mol. The van der Waals surface area contributed by atoms with Crippen LogP contribution in [0.25, 0.3) is 10.1 Å². The van der Waals surface area contributed by atoms with Crippen LogP contribution in [-0.2, 0) is 4.79 Å². The lowest BCUT2D eigenvalue weighted by molar-refractivity contribution is -0.106. The largest absolute Gasteiger partial charge is 0.448 e. The minimum Gasteiger partial charge on any atom is -0.448 e. The monoisotopic (exact) mass is 346 g/mol. The highest BCUT2D eigenvalue weighted by Crippen LogP contribution is 2.41. The molecule has 0 spiro atoms. The van der Waals surface area contributed by atoms with E-state index in [9.17, 15) is 10.1 Å². The van der Waals surface area contributed by atoms with Gasteiger partial charge in [0.25, 0.3) is 0 Å². The molecule has 1 amide bonds. The molecule has 98 valence electrons. The van der Waals surface area contributed by atoms with Gasteiger partial charge >= 0.3 is 0 Å². The van der Waals surface area contributed by atoms with Gasteiger partial charge in [-0.15, -0.1) is 11.3 Å². The molecule has 0 atom stereocenters. The fraction of sp³-hybridized carbons (Fsp3) is 0. The van der Waals surface area contributed by atoms with Crippen LogP contribution in [0.5, 0.6) is 0 Å². The van der Waals surface area contributed by atoms with Crippen molar-refractivity contribution in [2.75, 3.05) is 4.90 Å². The minimum atomic E-state index is 0.391. The average Bonchev–Trinajstić information content (AvgIpc) is 3.07. The Bertz CT molecular complexity index is 818. The number of carbonyl (C=O) groups excluding carboxylic acids is 1. The number of thiophene rings is 1. The third kappa shape index (κ3) is 2.01. The van der Waals surface area contributed by atoms with E-state index in [1.807, 2.05) is 18.2 Å². The van der Waals surface area contributed by atoms with Crippen molar-refractivity contribution in [2.24, 2.45) is 0 Å². The Morgan fingerprint density at radius 2 is 2.25 bits per heavy atom. The second-order valence-electron chi connectivity index (χ2n) is 3.96. The van der Waals surface area contributed by atoms with Gasteiger partial charge in [-0.1, -0.05) is 15.9 Å². The topological polar surface area (TPSA) is 57.2 Å². The van der Waals surface area contributed by atoms with Crippen LogP contribution < -0.4 is 4.90 Å². The second kappa shape index (κ2) is 5.12. The molecule has 0 saturated carbocycles. The Morgan fingerprint density at radius 3 is 2.90 bits per heavy atom. The lowest BCUT2D eigenvalue weighted by Crippen LogP contribution is -2.12. The fourth-order valence-electron chi connectivity index (χ4n) is 1.94. The first-order valence-electron chi connectivity index (χ1n) is 5.65. The molecular weight excluding hydrogens is 340 g/mol. The van der Waals surface area contributed by atoms with Crippen LogP contribution in [0.4, 0.5) is 10.9 Å².